The van der Waals surface area contributed by atoms with Gasteiger partial charge in [0.05, 0.1) is 14.2 Å². The van der Waals surface area contributed by atoms with Gasteiger partial charge in [-0.05, 0) is 35.9 Å². The molecule has 140 valence electrons. The Bertz CT molecular complexity index is 781. The van der Waals surface area contributed by atoms with Crippen molar-refractivity contribution in [3.05, 3.63) is 53.3 Å². The topological polar surface area (TPSA) is 66.3 Å². The van der Waals surface area contributed by atoms with Gasteiger partial charge in [-0.2, -0.15) is 0 Å². The van der Waals surface area contributed by atoms with Crippen molar-refractivity contribution in [1.82, 2.24) is 10.2 Å². The summed E-state index contributed by atoms with van der Waals surface area (Å²) in [5.41, 5.74) is 1.48. The zero-order chi connectivity index (χ0) is 19.1. The van der Waals surface area contributed by atoms with Crippen LogP contribution in [0.3, 0.4) is 0 Å². The van der Waals surface area contributed by atoms with E-state index in [-0.39, 0.29) is 11.5 Å². The highest BCUT2D eigenvalue weighted by molar-refractivity contribution is 5.79. The number of hydrogen-bond acceptors (Lipinski definition) is 4. The van der Waals surface area contributed by atoms with Crippen LogP contribution >= 0.6 is 0 Å². The Morgan fingerprint density at radius 2 is 1.96 bits per heavy atom. The van der Waals surface area contributed by atoms with Crippen molar-refractivity contribution < 1.29 is 19.0 Å². The lowest BCUT2D eigenvalue weighted by Gasteiger charge is -2.22. The first-order valence-corrected chi connectivity index (χ1v) is 8.08. The lowest BCUT2D eigenvalue weighted by molar-refractivity contribution is 0.385. The molecule has 0 aliphatic heterocycles. The molecular formula is C19H24FN3O3. The molecule has 6 nitrogen and oxygen atoms in total. The number of guanidine groups is 1. The van der Waals surface area contributed by atoms with Gasteiger partial charge in [-0.25, -0.2) is 4.39 Å². The van der Waals surface area contributed by atoms with E-state index in [9.17, 15) is 9.50 Å². The third kappa shape index (κ3) is 4.78. The molecule has 2 rings (SSSR count). The van der Waals surface area contributed by atoms with Crippen LogP contribution in [0, 0.1) is 5.82 Å². The molecule has 26 heavy (non-hydrogen) atoms. The second kappa shape index (κ2) is 8.94. The number of aliphatic imine (C=N–C) groups is 1. The quantitative estimate of drug-likeness (QED) is 0.612. The number of nitrogens with one attached hydrogen (secondary N) is 1. The van der Waals surface area contributed by atoms with Crippen LogP contribution in [0.2, 0.25) is 0 Å². The Labute approximate surface area is 152 Å². The first kappa shape index (κ1) is 19.4. The van der Waals surface area contributed by atoms with Crippen LogP contribution in [0.15, 0.2) is 41.4 Å². The number of nitrogens with zero attached hydrogens (tertiary/aromatic N) is 2. The van der Waals surface area contributed by atoms with E-state index in [1.54, 1.807) is 44.5 Å². The summed E-state index contributed by atoms with van der Waals surface area (Å²) in [5, 5.41) is 13.1. The zero-order valence-corrected chi connectivity index (χ0v) is 15.4. The molecule has 7 heteroatoms. The van der Waals surface area contributed by atoms with Crippen LogP contribution < -0.4 is 14.8 Å². The number of ether oxygens (including phenoxy) is 2. The maximum atomic E-state index is 13.8. The molecule has 2 N–H and O–H groups in total. The fourth-order valence-electron chi connectivity index (χ4n) is 2.55. The molecule has 0 fully saturated rings. The Morgan fingerprint density at radius 1 is 1.19 bits per heavy atom. The van der Waals surface area contributed by atoms with Gasteiger partial charge in [0.25, 0.3) is 0 Å². The highest BCUT2D eigenvalue weighted by atomic mass is 19.1. The molecule has 0 atom stereocenters. The van der Waals surface area contributed by atoms with Crippen molar-refractivity contribution in [2.75, 3.05) is 28.3 Å². The third-order valence-electron chi connectivity index (χ3n) is 3.93. The standard InChI is InChI=1S/C19H24FN3O3/c1-21-19(22-11-14-10-15(25-3)6-7-17(14)24)23(2)12-13-5-8-18(26-4)16(20)9-13/h5-10,24H,11-12H2,1-4H3,(H,21,22). The normalized spacial score (nSPS) is 11.2. The number of phenols is 1. The number of aromatic hydroxyl groups is 1. The minimum Gasteiger partial charge on any atom is -0.508 e. The van der Waals surface area contributed by atoms with Gasteiger partial charge >= 0.3 is 0 Å². The van der Waals surface area contributed by atoms with Crippen molar-refractivity contribution in [3.63, 3.8) is 0 Å². The highest BCUT2D eigenvalue weighted by Gasteiger charge is 2.11. The van der Waals surface area contributed by atoms with E-state index in [4.69, 9.17) is 9.47 Å². The number of hydrogen-bond donors (Lipinski definition) is 2. The summed E-state index contributed by atoms with van der Waals surface area (Å²) in [6.45, 7) is 0.835. The first-order valence-electron chi connectivity index (χ1n) is 8.08. The van der Waals surface area contributed by atoms with Crippen molar-refractivity contribution >= 4 is 5.96 Å². The molecule has 0 aromatic heterocycles. The van der Waals surface area contributed by atoms with Crippen molar-refractivity contribution in [2.45, 2.75) is 13.1 Å². The predicted octanol–water partition coefficient (Wildman–Crippen LogP) is 2.76. The summed E-state index contributed by atoms with van der Waals surface area (Å²) in [4.78, 5) is 6.09. The van der Waals surface area contributed by atoms with E-state index < -0.39 is 5.82 Å². The van der Waals surface area contributed by atoms with E-state index in [0.29, 0.717) is 30.4 Å². The molecule has 0 amide bonds. The Hall–Kier alpha value is -2.96. The monoisotopic (exact) mass is 361 g/mol. The van der Waals surface area contributed by atoms with Crippen LogP contribution in [0.5, 0.6) is 17.2 Å². The maximum Gasteiger partial charge on any atom is 0.193 e. The van der Waals surface area contributed by atoms with Gasteiger partial charge in [-0.15, -0.1) is 0 Å². The summed E-state index contributed by atoms with van der Waals surface area (Å²) < 4.78 is 23.9. The smallest absolute Gasteiger partial charge is 0.193 e. The summed E-state index contributed by atoms with van der Waals surface area (Å²) in [7, 11) is 6.52. The molecule has 0 spiro atoms. The second-order valence-corrected chi connectivity index (χ2v) is 5.72. The van der Waals surface area contributed by atoms with Gasteiger partial charge in [0.2, 0.25) is 0 Å². The Morgan fingerprint density at radius 3 is 2.58 bits per heavy atom. The van der Waals surface area contributed by atoms with Gasteiger partial charge in [0.1, 0.15) is 11.5 Å². The highest BCUT2D eigenvalue weighted by Crippen LogP contribution is 2.23. The van der Waals surface area contributed by atoms with E-state index in [0.717, 1.165) is 5.56 Å². The van der Waals surface area contributed by atoms with Crippen LogP contribution in [0.25, 0.3) is 0 Å². The second-order valence-electron chi connectivity index (χ2n) is 5.72. The Kier molecular flexibility index (Phi) is 6.66. The molecule has 0 unspecified atom stereocenters. The maximum absolute atomic E-state index is 13.8. The molecular weight excluding hydrogens is 337 g/mol. The zero-order valence-electron chi connectivity index (χ0n) is 15.4. The lowest BCUT2D eigenvalue weighted by Crippen LogP contribution is -2.38. The summed E-state index contributed by atoms with van der Waals surface area (Å²) in [6.07, 6.45) is 0. The third-order valence-corrected chi connectivity index (χ3v) is 3.93. The fraction of sp³-hybridized carbons (Fsp3) is 0.316. The molecule has 2 aromatic rings. The van der Waals surface area contributed by atoms with E-state index in [1.165, 1.54) is 13.2 Å². The minimum atomic E-state index is -0.400. The van der Waals surface area contributed by atoms with Crippen molar-refractivity contribution in [1.29, 1.82) is 0 Å². The largest absolute Gasteiger partial charge is 0.508 e. The van der Waals surface area contributed by atoms with E-state index in [1.807, 2.05) is 11.9 Å². The molecule has 0 saturated heterocycles. The van der Waals surface area contributed by atoms with Crippen LogP contribution in [0.1, 0.15) is 11.1 Å². The number of methoxy groups -OCH3 is 2. The summed E-state index contributed by atoms with van der Waals surface area (Å²) in [6, 6.07) is 9.88. The number of phenolic OH excluding ortho intramolecular Hbond substituents is 1. The molecule has 0 aliphatic carbocycles. The van der Waals surface area contributed by atoms with Crippen molar-refractivity contribution in [3.8, 4) is 17.2 Å². The predicted molar refractivity (Wildman–Crippen MR) is 99.3 cm³/mol. The summed E-state index contributed by atoms with van der Waals surface area (Å²) >= 11 is 0. The molecule has 0 bridgehead atoms. The van der Waals surface area contributed by atoms with Gasteiger partial charge in [-0.3, -0.25) is 4.99 Å². The fourth-order valence-corrected chi connectivity index (χ4v) is 2.55. The van der Waals surface area contributed by atoms with E-state index >= 15 is 0 Å². The first-order chi connectivity index (χ1) is 12.5. The average molecular weight is 361 g/mol. The molecule has 0 aliphatic rings. The van der Waals surface area contributed by atoms with Crippen LogP contribution in [0.4, 0.5) is 4.39 Å². The molecule has 0 radical (unpaired) electrons. The Balaban J connectivity index is 2.03. The average Bonchev–Trinajstić information content (AvgIpc) is 2.63. The van der Waals surface area contributed by atoms with Crippen LogP contribution in [-0.4, -0.2) is 44.3 Å². The van der Waals surface area contributed by atoms with E-state index in [2.05, 4.69) is 10.3 Å². The van der Waals surface area contributed by atoms with Gasteiger partial charge in [0.15, 0.2) is 17.5 Å². The van der Waals surface area contributed by atoms with Gasteiger partial charge < -0.3 is 24.8 Å². The lowest BCUT2D eigenvalue weighted by atomic mass is 10.2. The summed E-state index contributed by atoms with van der Waals surface area (Å²) in [5.74, 6) is 1.27. The number of rotatable bonds is 6. The van der Waals surface area contributed by atoms with Gasteiger partial charge in [0, 0.05) is 32.7 Å². The van der Waals surface area contributed by atoms with Crippen molar-refractivity contribution in [2.24, 2.45) is 4.99 Å². The molecule has 2 aromatic carbocycles. The van der Waals surface area contributed by atoms with Crippen LogP contribution in [-0.2, 0) is 13.1 Å². The molecule has 0 heterocycles. The van der Waals surface area contributed by atoms with Gasteiger partial charge in [-0.1, -0.05) is 6.07 Å². The number of benzene rings is 2. The number of halogens is 1. The SMILES string of the molecule is CN=C(NCc1cc(OC)ccc1O)N(C)Cc1ccc(OC)c(F)c1. The minimum absolute atomic E-state index is 0.175. The molecule has 0 saturated carbocycles.